The second kappa shape index (κ2) is 8.75. The number of non-ortho nitro benzene ring substituents is 1. The number of amides is 1. The molecule has 0 unspecified atom stereocenters. The van der Waals surface area contributed by atoms with Crippen LogP contribution in [-0.4, -0.2) is 19.2 Å². The Morgan fingerprint density at radius 2 is 1.68 bits per heavy atom. The fraction of sp³-hybridized carbons (Fsp3) is 0.0952. The maximum Gasteiger partial charge on any atom is 0.270 e. The van der Waals surface area contributed by atoms with Gasteiger partial charge in [-0.05, 0) is 61.4 Å². The van der Waals surface area contributed by atoms with Crippen LogP contribution in [0.4, 0.5) is 17.1 Å². The molecule has 0 aliphatic carbocycles. The van der Waals surface area contributed by atoms with Gasteiger partial charge in [0.1, 0.15) is 0 Å². The number of sulfonamides is 1. The fourth-order valence-electron chi connectivity index (χ4n) is 2.77. The summed E-state index contributed by atoms with van der Waals surface area (Å²) < 4.78 is 27.9. The second-order valence-corrected chi connectivity index (χ2v) is 8.91. The van der Waals surface area contributed by atoms with Crippen molar-refractivity contribution in [3.05, 3.63) is 92.5 Å². The molecule has 0 aromatic heterocycles. The summed E-state index contributed by atoms with van der Waals surface area (Å²) in [7, 11) is -3.82. The molecule has 0 saturated carbocycles. The van der Waals surface area contributed by atoms with Crippen molar-refractivity contribution in [2.75, 3.05) is 10.0 Å². The van der Waals surface area contributed by atoms with Crippen molar-refractivity contribution in [2.24, 2.45) is 0 Å². The van der Waals surface area contributed by atoms with E-state index in [2.05, 4.69) is 10.0 Å². The summed E-state index contributed by atoms with van der Waals surface area (Å²) in [6.45, 7) is 3.67. The lowest BCUT2D eigenvalue weighted by Gasteiger charge is -2.12. The smallest absolute Gasteiger partial charge is 0.270 e. The summed E-state index contributed by atoms with van der Waals surface area (Å²) in [5.41, 5.74) is 2.37. The standard InChI is InChI=1S/C21H18ClN3O5S/c1-13-3-4-14(2)20(11-13)24-31(29,30)17-8-5-15(6-9-17)23-21(26)18-10-7-16(25(27)28)12-19(18)22/h3-12,24H,1-2H3,(H,23,26). The fourth-order valence-corrected chi connectivity index (χ4v) is 4.15. The molecule has 0 saturated heterocycles. The first-order chi connectivity index (χ1) is 14.6. The van der Waals surface area contributed by atoms with E-state index in [1.165, 1.54) is 36.4 Å². The Balaban J connectivity index is 1.76. The predicted molar refractivity (Wildman–Crippen MR) is 119 cm³/mol. The number of hydrogen-bond donors (Lipinski definition) is 2. The van der Waals surface area contributed by atoms with Crippen molar-refractivity contribution >= 4 is 44.6 Å². The highest BCUT2D eigenvalue weighted by Crippen LogP contribution is 2.25. The van der Waals surface area contributed by atoms with Crippen LogP contribution >= 0.6 is 11.6 Å². The van der Waals surface area contributed by atoms with Gasteiger partial charge in [-0.2, -0.15) is 0 Å². The van der Waals surface area contributed by atoms with Crippen molar-refractivity contribution in [1.82, 2.24) is 0 Å². The van der Waals surface area contributed by atoms with Crippen LogP contribution in [0.2, 0.25) is 5.02 Å². The number of anilines is 2. The zero-order valence-electron chi connectivity index (χ0n) is 16.5. The van der Waals surface area contributed by atoms with Gasteiger partial charge < -0.3 is 5.32 Å². The Kier molecular flexibility index (Phi) is 6.28. The molecule has 160 valence electrons. The van der Waals surface area contributed by atoms with Gasteiger partial charge in [0.05, 0.1) is 26.1 Å². The Labute approximate surface area is 184 Å². The van der Waals surface area contributed by atoms with Crippen LogP contribution < -0.4 is 10.0 Å². The quantitative estimate of drug-likeness (QED) is 0.400. The third-order valence-electron chi connectivity index (χ3n) is 4.47. The summed E-state index contributed by atoms with van der Waals surface area (Å²) in [5, 5.41) is 13.3. The summed E-state index contributed by atoms with van der Waals surface area (Å²) in [6, 6.07) is 14.6. The zero-order valence-corrected chi connectivity index (χ0v) is 18.1. The van der Waals surface area contributed by atoms with Gasteiger partial charge in [0, 0.05) is 17.8 Å². The molecule has 0 radical (unpaired) electrons. The summed E-state index contributed by atoms with van der Waals surface area (Å²) in [6.07, 6.45) is 0. The highest BCUT2D eigenvalue weighted by atomic mass is 35.5. The van der Waals surface area contributed by atoms with Crippen LogP contribution in [0, 0.1) is 24.0 Å². The molecule has 3 rings (SSSR count). The van der Waals surface area contributed by atoms with Gasteiger partial charge in [0.15, 0.2) is 0 Å². The molecule has 0 fully saturated rings. The summed E-state index contributed by atoms with van der Waals surface area (Å²) >= 11 is 5.97. The largest absolute Gasteiger partial charge is 0.322 e. The second-order valence-electron chi connectivity index (χ2n) is 6.82. The number of carbonyl (C=O) groups is 1. The maximum atomic E-state index is 12.7. The highest BCUT2D eigenvalue weighted by molar-refractivity contribution is 7.92. The molecule has 3 aromatic rings. The molecule has 31 heavy (non-hydrogen) atoms. The highest BCUT2D eigenvalue weighted by Gasteiger charge is 2.17. The zero-order chi connectivity index (χ0) is 22.8. The van der Waals surface area contributed by atoms with Crippen molar-refractivity contribution in [1.29, 1.82) is 0 Å². The molecule has 0 bridgehead atoms. The lowest BCUT2D eigenvalue weighted by molar-refractivity contribution is -0.384. The van der Waals surface area contributed by atoms with Gasteiger partial charge in [-0.15, -0.1) is 0 Å². The minimum atomic E-state index is -3.82. The van der Waals surface area contributed by atoms with Crippen LogP contribution in [0.15, 0.2) is 65.6 Å². The summed E-state index contributed by atoms with van der Waals surface area (Å²) in [5.74, 6) is -0.580. The number of nitro groups is 1. The Morgan fingerprint density at radius 1 is 1.00 bits per heavy atom. The van der Waals surface area contributed by atoms with Crippen LogP contribution in [0.3, 0.4) is 0 Å². The number of nitrogens with zero attached hydrogens (tertiary/aromatic N) is 1. The van der Waals surface area contributed by atoms with Gasteiger partial charge in [0.25, 0.3) is 21.6 Å². The average Bonchev–Trinajstić information content (AvgIpc) is 2.70. The first-order valence-corrected chi connectivity index (χ1v) is 10.9. The first kappa shape index (κ1) is 22.3. The minimum Gasteiger partial charge on any atom is -0.322 e. The molecule has 0 spiro atoms. The van der Waals surface area contributed by atoms with Crippen molar-refractivity contribution in [3.8, 4) is 0 Å². The number of carbonyl (C=O) groups excluding carboxylic acids is 1. The van der Waals surface area contributed by atoms with Crippen LogP contribution in [0.1, 0.15) is 21.5 Å². The number of aryl methyl sites for hydroxylation is 2. The van der Waals surface area contributed by atoms with E-state index in [0.717, 1.165) is 17.2 Å². The van der Waals surface area contributed by atoms with Crippen molar-refractivity contribution < 1.29 is 18.1 Å². The predicted octanol–water partition coefficient (Wildman–Crippen LogP) is 4.92. The number of hydrogen-bond acceptors (Lipinski definition) is 5. The third kappa shape index (κ3) is 5.19. The third-order valence-corrected chi connectivity index (χ3v) is 6.16. The average molecular weight is 460 g/mol. The topological polar surface area (TPSA) is 118 Å². The lowest BCUT2D eigenvalue weighted by Crippen LogP contribution is -2.15. The van der Waals surface area contributed by atoms with E-state index in [9.17, 15) is 23.3 Å². The molecule has 2 N–H and O–H groups in total. The number of benzene rings is 3. The lowest BCUT2D eigenvalue weighted by atomic mass is 10.1. The monoisotopic (exact) mass is 459 g/mol. The van der Waals surface area contributed by atoms with E-state index >= 15 is 0 Å². The van der Waals surface area contributed by atoms with Gasteiger partial charge in [0.2, 0.25) is 0 Å². The van der Waals surface area contributed by atoms with E-state index in [4.69, 9.17) is 11.6 Å². The van der Waals surface area contributed by atoms with E-state index < -0.39 is 20.9 Å². The molecule has 0 aliphatic rings. The number of nitrogens with one attached hydrogen (secondary N) is 2. The Hall–Kier alpha value is -3.43. The molecule has 1 amide bonds. The molecular weight excluding hydrogens is 442 g/mol. The Bertz CT molecular complexity index is 1270. The van der Waals surface area contributed by atoms with E-state index in [-0.39, 0.29) is 21.2 Å². The van der Waals surface area contributed by atoms with Gasteiger partial charge in [-0.3, -0.25) is 19.6 Å². The normalized spacial score (nSPS) is 11.1. The molecule has 0 aliphatic heterocycles. The molecular formula is C21H18ClN3O5S. The molecule has 0 atom stereocenters. The van der Waals surface area contributed by atoms with Crippen molar-refractivity contribution in [2.45, 2.75) is 18.7 Å². The van der Waals surface area contributed by atoms with Crippen LogP contribution in [0.25, 0.3) is 0 Å². The van der Waals surface area contributed by atoms with E-state index in [0.29, 0.717) is 11.4 Å². The van der Waals surface area contributed by atoms with E-state index in [1.54, 1.807) is 13.0 Å². The molecule has 0 heterocycles. The number of halogens is 1. The first-order valence-electron chi connectivity index (χ1n) is 9.02. The van der Waals surface area contributed by atoms with Gasteiger partial charge >= 0.3 is 0 Å². The molecule has 8 nitrogen and oxygen atoms in total. The van der Waals surface area contributed by atoms with E-state index in [1.807, 2.05) is 19.1 Å². The minimum absolute atomic E-state index is 0.0276. The maximum absolute atomic E-state index is 12.7. The SMILES string of the molecule is Cc1ccc(C)c(NS(=O)(=O)c2ccc(NC(=O)c3ccc([N+](=O)[O-])cc3Cl)cc2)c1. The number of rotatable bonds is 6. The summed E-state index contributed by atoms with van der Waals surface area (Å²) in [4.78, 5) is 22.6. The van der Waals surface area contributed by atoms with Gasteiger partial charge in [-0.25, -0.2) is 8.42 Å². The van der Waals surface area contributed by atoms with Gasteiger partial charge in [-0.1, -0.05) is 23.7 Å². The molecule has 3 aromatic carbocycles. The van der Waals surface area contributed by atoms with Crippen LogP contribution in [0.5, 0.6) is 0 Å². The Morgan fingerprint density at radius 3 is 2.29 bits per heavy atom. The van der Waals surface area contributed by atoms with Crippen molar-refractivity contribution in [3.63, 3.8) is 0 Å². The van der Waals surface area contributed by atoms with Crippen LogP contribution in [-0.2, 0) is 10.0 Å². The number of nitro benzene ring substituents is 1. The molecule has 10 heteroatoms.